The Kier molecular flexibility index (Phi) is 6.59. The van der Waals surface area contributed by atoms with Gasteiger partial charge in [-0.1, -0.05) is 13.5 Å². The molecule has 174 valence electrons. The first-order chi connectivity index (χ1) is 14.7. The smallest absolute Gasteiger partial charge is 0.319 e. The lowest BCUT2D eigenvalue weighted by Gasteiger charge is -2.45. The third-order valence-electron chi connectivity index (χ3n) is 6.47. The van der Waals surface area contributed by atoms with Crippen molar-refractivity contribution in [1.29, 1.82) is 0 Å². The van der Waals surface area contributed by atoms with Crippen LogP contribution in [0.1, 0.15) is 63.8 Å². The van der Waals surface area contributed by atoms with Crippen LogP contribution in [-0.4, -0.2) is 73.5 Å². The molecule has 0 radical (unpaired) electrons. The molecular weight excluding hydrogens is 406 g/mol. The molecule has 3 amide bonds. The molecule has 2 aliphatic heterocycles. The quantitative estimate of drug-likeness (QED) is 0.762. The number of amides is 3. The predicted octanol–water partition coefficient (Wildman–Crippen LogP) is 3.28. The summed E-state index contributed by atoms with van der Waals surface area (Å²) in [4.78, 5) is 36.4. The molecule has 9 nitrogen and oxygen atoms in total. The Morgan fingerprint density at radius 3 is 2.62 bits per heavy atom. The average molecular weight is 442 g/mol. The number of pyridine rings is 1. The van der Waals surface area contributed by atoms with Crippen molar-refractivity contribution in [2.75, 3.05) is 25.0 Å². The number of aromatic amines is 1. The monoisotopic (exact) mass is 441 g/mol. The number of nitrogens with one attached hydrogen (secondary N) is 2. The largest absolute Gasteiger partial charge is 0.321 e. The van der Waals surface area contributed by atoms with Gasteiger partial charge in [-0.15, -0.1) is 0 Å². The number of piperazine rings is 1. The lowest BCUT2D eigenvalue weighted by Crippen LogP contribution is -2.59. The Bertz CT molecular complexity index is 970. The number of urea groups is 1. The molecule has 4 heterocycles. The number of nitrogens with zero attached hydrogens (tertiary/aromatic N) is 5. The SMILES string of the molecule is C.CC(C)N1CCN(C(=O)N2Cc3c(NC(=O)c4ccccn4)n[nH]c3C2(C)C)[C@@H](C)C1. The Hall–Kier alpha value is -2.94. The van der Waals surface area contributed by atoms with Gasteiger partial charge in [-0.05, 0) is 46.8 Å². The molecule has 0 spiro atoms. The maximum Gasteiger partial charge on any atom is 0.321 e. The molecule has 0 aromatic carbocycles. The highest BCUT2D eigenvalue weighted by Crippen LogP contribution is 2.41. The van der Waals surface area contributed by atoms with Crippen LogP contribution in [0, 0.1) is 0 Å². The average Bonchev–Trinajstić information content (AvgIpc) is 3.26. The van der Waals surface area contributed by atoms with E-state index in [1.54, 1.807) is 24.4 Å². The molecule has 1 saturated heterocycles. The van der Waals surface area contributed by atoms with E-state index in [-0.39, 0.29) is 25.4 Å². The number of carbonyl (C=O) groups is 2. The number of carbonyl (C=O) groups excluding carboxylic acids is 2. The highest BCUT2D eigenvalue weighted by Gasteiger charge is 2.46. The summed E-state index contributed by atoms with van der Waals surface area (Å²) in [7, 11) is 0. The van der Waals surface area contributed by atoms with E-state index >= 15 is 0 Å². The molecule has 32 heavy (non-hydrogen) atoms. The first-order valence-electron chi connectivity index (χ1n) is 10.8. The second-order valence-electron chi connectivity index (χ2n) is 9.15. The van der Waals surface area contributed by atoms with Crippen LogP contribution >= 0.6 is 0 Å². The van der Waals surface area contributed by atoms with Gasteiger partial charge < -0.3 is 15.1 Å². The van der Waals surface area contributed by atoms with Crippen LogP contribution in [-0.2, 0) is 12.1 Å². The van der Waals surface area contributed by atoms with Crippen LogP contribution in [0.3, 0.4) is 0 Å². The van der Waals surface area contributed by atoms with Gasteiger partial charge in [0.05, 0.1) is 17.8 Å². The number of hydrogen-bond donors (Lipinski definition) is 2. The molecular formula is C23H35N7O2. The zero-order valence-corrected chi connectivity index (χ0v) is 18.8. The highest BCUT2D eigenvalue weighted by atomic mass is 16.2. The van der Waals surface area contributed by atoms with Crippen molar-refractivity contribution in [3.8, 4) is 0 Å². The first kappa shape index (κ1) is 23.7. The Balaban J connectivity index is 0.00000289. The van der Waals surface area contributed by atoms with E-state index in [1.807, 2.05) is 23.6 Å². The Morgan fingerprint density at radius 1 is 1.25 bits per heavy atom. The number of fused-ring (bicyclic) bond motifs is 1. The van der Waals surface area contributed by atoms with Gasteiger partial charge in [0.2, 0.25) is 0 Å². The summed E-state index contributed by atoms with van der Waals surface area (Å²) < 4.78 is 0. The van der Waals surface area contributed by atoms with E-state index in [0.717, 1.165) is 24.3 Å². The summed E-state index contributed by atoms with van der Waals surface area (Å²) in [5.74, 6) is 0.127. The minimum atomic E-state index is -0.553. The van der Waals surface area contributed by atoms with Crippen molar-refractivity contribution in [2.24, 2.45) is 0 Å². The van der Waals surface area contributed by atoms with Crippen LogP contribution in [0.2, 0.25) is 0 Å². The lowest BCUT2D eigenvalue weighted by molar-refractivity contribution is 0.0493. The highest BCUT2D eigenvalue weighted by molar-refractivity contribution is 6.02. The molecule has 2 aromatic heterocycles. The van der Waals surface area contributed by atoms with Crippen LogP contribution in [0.4, 0.5) is 10.6 Å². The van der Waals surface area contributed by atoms with E-state index in [0.29, 0.717) is 30.6 Å². The van der Waals surface area contributed by atoms with Gasteiger partial charge in [0.1, 0.15) is 5.69 Å². The van der Waals surface area contributed by atoms with Crippen molar-refractivity contribution in [2.45, 2.75) is 66.2 Å². The Labute approximate surface area is 190 Å². The lowest BCUT2D eigenvalue weighted by atomic mass is 10.0. The number of H-pyrrole nitrogens is 1. The summed E-state index contributed by atoms with van der Waals surface area (Å²) in [5, 5.41) is 10.2. The minimum Gasteiger partial charge on any atom is -0.319 e. The number of aromatic nitrogens is 3. The van der Waals surface area contributed by atoms with Gasteiger partial charge in [-0.2, -0.15) is 5.10 Å². The molecule has 0 aliphatic carbocycles. The van der Waals surface area contributed by atoms with Gasteiger partial charge in [-0.3, -0.25) is 19.8 Å². The summed E-state index contributed by atoms with van der Waals surface area (Å²) in [5.41, 5.74) is 1.46. The molecule has 0 saturated carbocycles. The van der Waals surface area contributed by atoms with E-state index in [9.17, 15) is 9.59 Å². The normalized spacial score (nSPS) is 20.1. The third-order valence-corrected chi connectivity index (χ3v) is 6.47. The van der Waals surface area contributed by atoms with Crippen molar-refractivity contribution in [1.82, 2.24) is 29.9 Å². The number of hydrogen-bond acceptors (Lipinski definition) is 5. The van der Waals surface area contributed by atoms with Crippen molar-refractivity contribution >= 4 is 17.8 Å². The van der Waals surface area contributed by atoms with E-state index in [4.69, 9.17) is 0 Å². The van der Waals surface area contributed by atoms with Gasteiger partial charge in [0.25, 0.3) is 5.91 Å². The van der Waals surface area contributed by atoms with Crippen molar-refractivity contribution in [3.05, 3.63) is 41.3 Å². The minimum absolute atomic E-state index is 0. The Morgan fingerprint density at radius 2 is 2.00 bits per heavy atom. The third kappa shape index (κ3) is 4.09. The fraction of sp³-hybridized carbons (Fsp3) is 0.565. The van der Waals surface area contributed by atoms with Crippen molar-refractivity contribution in [3.63, 3.8) is 0 Å². The molecule has 2 aliphatic rings. The van der Waals surface area contributed by atoms with Crippen molar-refractivity contribution < 1.29 is 9.59 Å². The summed E-state index contributed by atoms with van der Waals surface area (Å²) in [6.45, 7) is 13.3. The van der Waals surface area contributed by atoms with Gasteiger partial charge in [-0.25, -0.2) is 4.79 Å². The van der Waals surface area contributed by atoms with Gasteiger partial charge in [0.15, 0.2) is 5.82 Å². The summed E-state index contributed by atoms with van der Waals surface area (Å²) in [6.07, 6.45) is 1.58. The molecule has 0 bridgehead atoms. The van der Waals surface area contributed by atoms with Gasteiger partial charge in [0, 0.05) is 43.5 Å². The van der Waals surface area contributed by atoms with E-state index in [1.165, 1.54) is 0 Å². The second kappa shape index (κ2) is 8.90. The van der Waals surface area contributed by atoms with E-state index in [2.05, 4.69) is 46.2 Å². The molecule has 1 atom stereocenters. The molecule has 2 aromatic rings. The maximum atomic E-state index is 13.5. The standard InChI is InChI=1S/C22H31N7O2.CH4/c1-14(2)27-10-11-28(15(3)12-27)21(31)29-13-16-18(22(29,4)5)25-26-19(16)24-20(30)17-8-6-7-9-23-17;/h6-9,14-15H,10-13H2,1-5H3,(H2,24,25,26,30);1H4/t15-;/m0./s1. The molecule has 2 N–H and O–H groups in total. The second-order valence-corrected chi connectivity index (χ2v) is 9.15. The van der Waals surface area contributed by atoms with Crippen LogP contribution < -0.4 is 5.32 Å². The zero-order valence-electron chi connectivity index (χ0n) is 18.8. The molecule has 0 unspecified atom stereocenters. The zero-order chi connectivity index (χ0) is 22.3. The number of anilines is 1. The topological polar surface area (TPSA) is 97.5 Å². The van der Waals surface area contributed by atoms with Gasteiger partial charge >= 0.3 is 6.03 Å². The fourth-order valence-corrected chi connectivity index (χ4v) is 4.49. The van der Waals surface area contributed by atoms with Crippen LogP contribution in [0.25, 0.3) is 0 Å². The van der Waals surface area contributed by atoms with Crippen LogP contribution in [0.15, 0.2) is 24.4 Å². The maximum absolute atomic E-state index is 13.5. The van der Waals surface area contributed by atoms with E-state index < -0.39 is 5.54 Å². The number of rotatable bonds is 3. The van der Waals surface area contributed by atoms with Crippen LogP contribution in [0.5, 0.6) is 0 Å². The summed E-state index contributed by atoms with van der Waals surface area (Å²) in [6, 6.07) is 5.81. The molecule has 9 heteroatoms. The summed E-state index contributed by atoms with van der Waals surface area (Å²) >= 11 is 0. The fourth-order valence-electron chi connectivity index (χ4n) is 4.49. The predicted molar refractivity (Wildman–Crippen MR) is 124 cm³/mol. The molecule has 1 fully saturated rings. The first-order valence-corrected chi connectivity index (χ1v) is 10.8. The molecule has 4 rings (SSSR count).